The van der Waals surface area contributed by atoms with Gasteiger partial charge in [-0.05, 0) is 36.2 Å². The molecule has 5 nitrogen and oxygen atoms in total. The molecule has 0 saturated heterocycles. The fourth-order valence-corrected chi connectivity index (χ4v) is 3.79. The third-order valence-electron chi connectivity index (χ3n) is 5.03. The predicted molar refractivity (Wildman–Crippen MR) is 121 cm³/mol. The number of hydrogen-bond acceptors (Lipinski definition) is 4. The first-order valence-electron chi connectivity index (χ1n) is 9.64. The molecule has 0 aliphatic carbocycles. The number of halogens is 1. The quantitative estimate of drug-likeness (QED) is 0.373. The molecule has 0 unspecified atom stereocenters. The van der Waals surface area contributed by atoms with E-state index in [4.69, 9.17) is 21.3 Å². The Morgan fingerprint density at radius 2 is 1.83 bits per heavy atom. The molecule has 0 spiro atoms. The molecule has 1 N–H and O–H groups in total. The SMILES string of the molecule is Cc1cccc(Cl)c1Nc1nc2cccc(OCc3ccccc3)c2n2cncc12. The lowest BCUT2D eigenvalue weighted by atomic mass is 10.2. The van der Waals surface area contributed by atoms with Crippen molar-refractivity contribution in [2.24, 2.45) is 0 Å². The highest BCUT2D eigenvalue weighted by atomic mass is 35.5. The zero-order valence-corrected chi connectivity index (χ0v) is 17.1. The molecule has 0 aliphatic rings. The van der Waals surface area contributed by atoms with E-state index >= 15 is 0 Å². The van der Waals surface area contributed by atoms with Crippen LogP contribution in [0, 0.1) is 6.92 Å². The summed E-state index contributed by atoms with van der Waals surface area (Å²) in [6.07, 6.45) is 3.56. The first-order valence-corrected chi connectivity index (χ1v) is 10.0. The summed E-state index contributed by atoms with van der Waals surface area (Å²) in [6.45, 7) is 2.49. The van der Waals surface area contributed by atoms with Crippen LogP contribution in [-0.2, 0) is 6.61 Å². The molecule has 2 aromatic heterocycles. The van der Waals surface area contributed by atoms with E-state index < -0.39 is 0 Å². The number of nitrogens with one attached hydrogen (secondary N) is 1. The van der Waals surface area contributed by atoms with Gasteiger partial charge in [-0.25, -0.2) is 9.97 Å². The number of imidazole rings is 1. The number of benzene rings is 3. The molecular weight excluding hydrogens is 396 g/mol. The van der Waals surface area contributed by atoms with Crippen molar-refractivity contribution in [3.8, 4) is 5.75 Å². The van der Waals surface area contributed by atoms with E-state index in [0.717, 1.165) is 39.1 Å². The van der Waals surface area contributed by atoms with E-state index in [-0.39, 0.29) is 0 Å². The molecule has 3 aromatic carbocycles. The third kappa shape index (κ3) is 3.33. The lowest BCUT2D eigenvalue weighted by molar-refractivity contribution is 0.309. The van der Waals surface area contributed by atoms with Gasteiger partial charge in [0.05, 0.1) is 28.8 Å². The number of anilines is 2. The Kier molecular flexibility index (Phi) is 4.73. The fourth-order valence-electron chi connectivity index (χ4n) is 3.52. The highest BCUT2D eigenvalue weighted by molar-refractivity contribution is 6.33. The van der Waals surface area contributed by atoms with Gasteiger partial charge in [0.1, 0.15) is 23.4 Å². The first-order chi connectivity index (χ1) is 14.7. The van der Waals surface area contributed by atoms with Crippen molar-refractivity contribution in [2.45, 2.75) is 13.5 Å². The Labute approximate surface area is 178 Å². The Morgan fingerprint density at radius 3 is 2.67 bits per heavy atom. The summed E-state index contributed by atoms with van der Waals surface area (Å²) < 4.78 is 8.15. The number of aryl methyl sites for hydroxylation is 1. The van der Waals surface area contributed by atoms with Crippen LogP contribution in [0.3, 0.4) is 0 Å². The zero-order valence-electron chi connectivity index (χ0n) is 16.3. The standard InChI is InChI=1S/C24H19ClN4O/c1-16-7-5-10-18(25)22(16)28-24-20-13-26-15-29(20)23-19(27-24)11-6-12-21(23)30-14-17-8-3-2-4-9-17/h2-13,15H,14H2,1H3,(H,27,28). The van der Waals surface area contributed by atoms with E-state index in [1.54, 1.807) is 12.5 Å². The van der Waals surface area contributed by atoms with Crippen molar-refractivity contribution in [3.05, 3.63) is 95.4 Å². The maximum atomic E-state index is 6.41. The van der Waals surface area contributed by atoms with Crippen LogP contribution >= 0.6 is 11.6 Å². The summed E-state index contributed by atoms with van der Waals surface area (Å²) in [4.78, 5) is 9.21. The van der Waals surface area contributed by atoms with E-state index in [0.29, 0.717) is 17.4 Å². The molecule has 2 heterocycles. The van der Waals surface area contributed by atoms with Crippen LogP contribution in [0.5, 0.6) is 5.75 Å². The van der Waals surface area contributed by atoms with Crippen LogP contribution in [0.1, 0.15) is 11.1 Å². The highest BCUT2D eigenvalue weighted by Gasteiger charge is 2.14. The summed E-state index contributed by atoms with van der Waals surface area (Å²) in [5, 5.41) is 4.04. The van der Waals surface area contributed by atoms with Gasteiger partial charge in [-0.3, -0.25) is 4.40 Å². The summed E-state index contributed by atoms with van der Waals surface area (Å²) >= 11 is 6.41. The van der Waals surface area contributed by atoms with Crippen molar-refractivity contribution in [3.63, 3.8) is 0 Å². The predicted octanol–water partition coefficient (Wildman–Crippen LogP) is 6.17. The largest absolute Gasteiger partial charge is 0.487 e. The number of nitrogens with zero attached hydrogens (tertiary/aromatic N) is 3. The van der Waals surface area contributed by atoms with Crippen molar-refractivity contribution >= 4 is 39.7 Å². The molecule has 0 fully saturated rings. The minimum atomic E-state index is 0.481. The molecule has 0 bridgehead atoms. The number of fused-ring (bicyclic) bond motifs is 3. The zero-order chi connectivity index (χ0) is 20.5. The lowest BCUT2D eigenvalue weighted by Gasteiger charge is -2.15. The van der Waals surface area contributed by atoms with Gasteiger partial charge in [0, 0.05) is 0 Å². The Morgan fingerprint density at radius 1 is 1.00 bits per heavy atom. The average molecular weight is 415 g/mol. The normalized spacial score (nSPS) is 11.1. The van der Waals surface area contributed by atoms with E-state index in [1.807, 2.05) is 78.1 Å². The Bertz CT molecular complexity index is 1330. The van der Waals surface area contributed by atoms with E-state index in [9.17, 15) is 0 Å². The molecule has 0 radical (unpaired) electrons. The highest BCUT2D eigenvalue weighted by Crippen LogP contribution is 2.33. The topological polar surface area (TPSA) is 51.5 Å². The maximum absolute atomic E-state index is 6.41. The van der Waals surface area contributed by atoms with Crippen LogP contribution < -0.4 is 10.1 Å². The first kappa shape index (κ1) is 18.5. The minimum absolute atomic E-state index is 0.481. The summed E-state index contributed by atoms with van der Waals surface area (Å²) in [5.41, 5.74) is 5.52. The molecule has 0 aliphatic heterocycles. The fraction of sp³-hybridized carbons (Fsp3) is 0.0833. The van der Waals surface area contributed by atoms with Gasteiger partial charge in [-0.15, -0.1) is 0 Å². The lowest BCUT2D eigenvalue weighted by Crippen LogP contribution is -2.03. The van der Waals surface area contributed by atoms with Gasteiger partial charge in [0.15, 0.2) is 5.82 Å². The van der Waals surface area contributed by atoms with E-state index in [1.165, 1.54) is 0 Å². The molecule has 5 rings (SSSR count). The average Bonchev–Trinajstić information content (AvgIpc) is 3.26. The van der Waals surface area contributed by atoms with Crippen molar-refractivity contribution in [2.75, 3.05) is 5.32 Å². The molecular formula is C24H19ClN4O. The number of aromatic nitrogens is 3. The molecule has 0 amide bonds. The van der Waals surface area contributed by atoms with Crippen molar-refractivity contribution in [1.29, 1.82) is 0 Å². The summed E-state index contributed by atoms with van der Waals surface area (Å²) in [7, 11) is 0. The maximum Gasteiger partial charge on any atom is 0.157 e. The minimum Gasteiger partial charge on any atom is -0.487 e. The molecule has 148 valence electrons. The second-order valence-corrected chi connectivity index (χ2v) is 7.47. The van der Waals surface area contributed by atoms with Crippen LogP contribution in [0.15, 0.2) is 79.3 Å². The van der Waals surface area contributed by atoms with Crippen LogP contribution in [0.4, 0.5) is 11.5 Å². The van der Waals surface area contributed by atoms with E-state index in [2.05, 4.69) is 10.3 Å². The van der Waals surface area contributed by atoms with Crippen LogP contribution in [-0.4, -0.2) is 14.4 Å². The summed E-state index contributed by atoms with van der Waals surface area (Å²) in [5.74, 6) is 1.45. The van der Waals surface area contributed by atoms with Gasteiger partial charge in [-0.2, -0.15) is 0 Å². The Hall–Kier alpha value is -3.57. The van der Waals surface area contributed by atoms with Gasteiger partial charge in [0.2, 0.25) is 0 Å². The molecule has 0 saturated carbocycles. The van der Waals surface area contributed by atoms with Gasteiger partial charge < -0.3 is 10.1 Å². The smallest absolute Gasteiger partial charge is 0.157 e. The van der Waals surface area contributed by atoms with Crippen molar-refractivity contribution in [1.82, 2.24) is 14.4 Å². The number of para-hydroxylation sites is 2. The third-order valence-corrected chi connectivity index (χ3v) is 5.35. The summed E-state index contributed by atoms with van der Waals surface area (Å²) in [6, 6.07) is 21.8. The number of hydrogen-bond donors (Lipinski definition) is 1. The van der Waals surface area contributed by atoms with Crippen molar-refractivity contribution < 1.29 is 4.74 Å². The molecule has 5 aromatic rings. The van der Waals surface area contributed by atoms with Gasteiger partial charge in [-0.1, -0.05) is 60.1 Å². The number of rotatable bonds is 5. The Balaban J connectivity index is 1.59. The number of ether oxygens (including phenoxy) is 1. The van der Waals surface area contributed by atoms with Crippen LogP contribution in [0.25, 0.3) is 16.6 Å². The van der Waals surface area contributed by atoms with Crippen LogP contribution in [0.2, 0.25) is 5.02 Å². The second kappa shape index (κ2) is 7.69. The van der Waals surface area contributed by atoms with Gasteiger partial charge in [0.25, 0.3) is 0 Å². The molecule has 6 heteroatoms. The monoisotopic (exact) mass is 414 g/mol. The second-order valence-electron chi connectivity index (χ2n) is 7.06. The molecule has 0 atom stereocenters. The molecule has 30 heavy (non-hydrogen) atoms. The van der Waals surface area contributed by atoms with Gasteiger partial charge >= 0.3 is 0 Å².